The number of ether oxygens (including phenoxy) is 3. The summed E-state index contributed by atoms with van der Waals surface area (Å²) in [5.41, 5.74) is -0.124. The van der Waals surface area contributed by atoms with Crippen molar-refractivity contribution in [2.45, 2.75) is 52.9 Å². The lowest BCUT2D eigenvalue weighted by molar-refractivity contribution is -0.363. The van der Waals surface area contributed by atoms with E-state index in [1.807, 2.05) is 91.0 Å². The Morgan fingerprint density at radius 3 is 1.60 bits per heavy atom. The Labute approximate surface area is 264 Å². The van der Waals surface area contributed by atoms with Crippen molar-refractivity contribution in [3.05, 3.63) is 126 Å². The van der Waals surface area contributed by atoms with Crippen molar-refractivity contribution in [1.82, 2.24) is 4.57 Å². The molecule has 0 bridgehead atoms. The molecular formula is C36H38NO7P. The van der Waals surface area contributed by atoms with Crippen molar-refractivity contribution in [1.29, 1.82) is 0 Å². The molecule has 0 amide bonds. The number of benzene rings is 3. The molecule has 234 valence electrons. The van der Waals surface area contributed by atoms with Crippen LogP contribution in [-0.4, -0.2) is 41.1 Å². The predicted molar refractivity (Wildman–Crippen MR) is 174 cm³/mol. The van der Waals surface area contributed by atoms with Crippen LogP contribution in [0, 0.1) is 0 Å². The van der Waals surface area contributed by atoms with E-state index in [0.717, 1.165) is 15.9 Å². The van der Waals surface area contributed by atoms with Gasteiger partial charge in [-0.05, 0) is 75.4 Å². The summed E-state index contributed by atoms with van der Waals surface area (Å²) in [5.74, 6) is -3.52. The average molecular weight is 628 g/mol. The highest BCUT2D eigenvalue weighted by Crippen LogP contribution is 2.66. The predicted octanol–water partition coefficient (Wildman–Crippen LogP) is 4.68. The molecule has 1 aromatic heterocycles. The molecule has 1 atom stereocenters. The fourth-order valence-corrected chi connectivity index (χ4v) is 9.80. The van der Waals surface area contributed by atoms with Crippen molar-refractivity contribution < 1.29 is 33.7 Å². The topological polar surface area (TPSA) is 107 Å². The summed E-state index contributed by atoms with van der Waals surface area (Å²) in [6, 6.07) is 30.0. The molecule has 3 aromatic carbocycles. The Balaban J connectivity index is 2.22. The number of esters is 2. The first-order chi connectivity index (χ1) is 21.6. The largest absolute Gasteiger partial charge is 0.608 e. The summed E-state index contributed by atoms with van der Waals surface area (Å²) in [6.07, 6.45) is 0.403. The summed E-state index contributed by atoms with van der Waals surface area (Å²) in [7, 11) is -3.26. The van der Waals surface area contributed by atoms with Gasteiger partial charge >= 0.3 is 11.9 Å². The van der Waals surface area contributed by atoms with Crippen LogP contribution in [0.3, 0.4) is 0 Å². The molecule has 0 aliphatic rings. The lowest BCUT2D eigenvalue weighted by Crippen LogP contribution is -2.40. The van der Waals surface area contributed by atoms with E-state index in [4.69, 9.17) is 14.2 Å². The van der Waals surface area contributed by atoms with Crippen LogP contribution in [0.4, 0.5) is 0 Å². The number of hydrogen-bond acceptors (Lipinski definition) is 7. The van der Waals surface area contributed by atoms with Crippen LogP contribution in [0.15, 0.2) is 121 Å². The van der Waals surface area contributed by atoms with Crippen LogP contribution in [0.2, 0.25) is 0 Å². The Morgan fingerprint density at radius 2 is 1.18 bits per heavy atom. The second-order valence-electron chi connectivity index (χ2n) is 10.8. The molecule has 0 aliphatic carbocycles. The second-order valence-corrected chi connectivity index (χ2v) is 14.1. The number of hydrogen-bond donors (Lipinski definition) is 0. The maximum atomic E-state index is 14.7. The van der Waals surface area contributed by atoms with E-state index in [0.29, 0.717) is 0 Å². The number of carbonyl (C=O) groups excluding carboxylic acids is 3. The number of nitrogens with zero attached hydrogens (tertiary/aromatic N) is 1. The summed E-state index contributed by atoms with van der Waals surface area (Å²) in [5, 5.41) is 17.2. The molecule has 0 fully saturated rings. The van der Waals surface area contributed by atoms with Gasteiger partial charge in [0.2, 0.25) is 0 Å². The third-order valence-corrected chi connectivity index (χ3v) is 11.3. The van der Waals surface area contributed by atoms with Crippen molar-refractivity contribution >= 4 is 40.9 Å². The highest BCUT2D eigenvalue weighted by atomic mass is 31.2. The quantitative estimate of drug-likeness (QED) is 0.0697. The molecule has 0 aliphatic heterocycles. The fourth-order valence-electron chi connectivity index (χ4n) is 5.29. The van der Waals surface area contributed by atoms with Crippen molar-refractivity contribution in [3.8, 4) is 0 Å². The molecule has 4 aromatic rings. The highest BCUT2D eigenvalue weighted by molar-refractivity contribution is 7.99. The van der Waals surface area contributed by atoms with Gasteiger partial charge in [0.15, 0.2) is 6.04 Å². The lowest BCUT2D eigenvalue weighted by atomic mass is 10.2. The molecule has 4 rings (SSSR count). The minimum absolute atomic E-state index is 0.00709. The first-order valence-corrected chi connectivity index (χ1v) is 16.6. The number of carbonyl (C=O) groups is 3. The lowest BCUT2D eigenvalue weighted by Gasteiger charge is -2.36. The van der Waals surface area contributed by atoms with Gasteiger partial charge in [0.05, 0.1) is 24.4 Å². The van der Waals surface area contributed by atoms with Crippen LogP contribution < -0.4 is 21.0 Å². The first kappa shape index (κ1) is 33.2. The molecular weight excluding hydrogens is 589 g/mol. The summed E-state index contributed by atoms with van der Waals surface area (Å²) in [4.78, 5) is 40.5. The molecule has 1 unspecified atom stereocenters. The smallest absolute Gasteiger partial charge is 0.381 e. The number of rotatable bonds is 13. The highest BCUT2D eigenvalue weighted by Gasteiger charge is 2.56. The summed E-state index contributed by atoms with van der Waals surface area (Å²) >= 11 is 0. The Hall–Kier alpha value is -4.68. The summed E-state index contributed by atoms with van der Waals surface area (Å²) in [6.45, 7) is 8.46. The fraction of sp³-hybridized carbons (Fsp3) is 0.250. The number of aromatic nitrogens is 1. The van der Waals surface area contributed by atoms with E-state index >= 15 is 0 Å². The number of Topliss-reactive ketones (excluding diaryl/α,β-unsaturated/α-hetero) is 1. The van der Waals surface area contributed by atoms with E-state index in [1.54, 1.807) is 40.7 Å². The standard InChI is InChI=1S/C36H38NO7P/c1-6-42-35(40)32(38)30-23-16-24-37(30)31(34(39)43-25(2)3)33(36(41)44-26(4)5)45(27-17-10-7-11-18-27,28-19-12-8-13-20-28)29-21-14-9-15-22-29/h7-26,31H,6H2,1-5H3/b36-33+. The van der Waals surface area contributed by atoms with Gasteiger partial charge in [0.25, 0.3) is 5.78 Å². The van der Waals surface area contributed by atoms with Gasteiger partial charge in [0.1, 0.15) is 28.5 Å². The van der Waals surface area contributed by atoms with Crippen LogP contribution in [-0.2, 0) is 23.8 Å². The Kier molecular flexibility index (Phi) is 11.0. The average Bonchev–Trinajstić information content (AvgIpc) is 3.51. The minimum atomic E-state index is -3.26. The van der Waals surface area contributed by atoms with Gasteiger partial charge in [0, 0.05) is 6.20 Å². The molecule has 0 saturated heterocycles. The molecule has 1 heterocycles. The van der Waals surface area contributed by atoms with E-state index in [-0.39, 0.29) is 17.6 Å². The molecule has 0 radical (unpaired) electrons. The maximum absolute atomic E-state index is 14.7. The third-order valence-electron chi connectivity index (χ3n) is 6.93. The van der Waals surface area contributed by atoms with Crippen LogP contribution >= 0.6 is 7.26 Å². The Bertz CT molecular complexity index is 1530. The zero-order chi connectivity index (χ0) is 32.6. The Morgan fingerprint density at radius 1 is 0.711 bits per heavy atom. The van der Waals surface area contributed by atoms with Crippen LogP contribution in [0.5, 0.6) is 0 Å². The zero-order valence-corrected chi connectivity index (χ0v) is 27.0. The summed E-state index contributed by atoms with van der Waals surface area (Å²) < 4.78 is 18.1. The maximum Gasteiger partial charge on any atom is 0.381 e. The number of ketones is 1. The van der Waals surface area contributed by atoms with Gasteiger partial charge in [-0.3, -0.25) is 4.79 Å². The monoisotopic (exact) mass is 627 g/mol. The molecule has 8 nitrogen and oxygen atoms in total. The second kappa shape index (κ2) is 14.9. The third kappa shape index (κ3) is 7.02. The molecule has 0 N–H and O–H groups in total. The van der Waals surface area contributed by atoms with Gasteiger partial charge in [-0.25, -0.2) is 9.59 Å². The van der Waals surface area contributed by atoms with Crippen molar-refractivity contribution in [2.75, 3.05) is 6.61 Å². The van der Waals surface area contributed by atoms with E-state index in [2.05, 4.69) is 0 Å². The van der Waals surface area contributed by atoms with Crippen LogP contribution in [0.25, 0.3) is 0 Å². The zero-order valence-electron chi connectivity index (χ0n) is 26.1. The molecule has 45 heavy (non-hydrogen) atoms. The van der Waals surface area contributed by atoms with E-state index in [9.17, 15) is 19.5 Å². The van der Waals surface area contributed by atoms with Crippen molar-refractivity contribution in [2.24, 2.45) is 0 Å². The van der Waals surface area contributed by atoms with Gasteiger partial charge < -0.3 is 23.9 Å². The van der Waals surface area contributed by atoms with Crippen molar-refractivity contribution in [3.63, 3.8) is 0 Å². The van der Waals surface area contributed by atoms with Gasteiger partial charge in [-0.2, -0.15) is 0 Å². The molecule has 0 saturated carbocycles. The normalized spacial score (nSPS) is 12.8. The molecule has 0 spiro atoms. The van der Waals surface area contributed by atoms with E-state index < -0.39 is 49.2 Å². The van der Waals surface area contributed by atoms with Crippen LogP contribution in [0.1, 0.15) is 51.1 Å². The molecule has 9 heteroatoms. The van der Waals surface area contributed by atoms with E-state index in [1.165, 1.54) is 16.8 Å². The SMILES string of the molecule is CCOC(=O)C(=O)c1cccn1C(C(=O)OC(C)C)/C(=C(/[O-])OC(C)C)[P+](c1ccccc1)(c1ccccc1)c1ccccc1. The minimum Gasteiger partial charge on any atom is -0.608 e. The first-order valence-electron chi connectivity index (χ1n) is 14.9. The van der Waals surface area contributed by atoms with Gasteiger partial charge in [-0.1, -0.05) is 68.4 Å². The van der Waals surface area contributed by atoms with Gasteiger partial charge in [-0.15, -0.1) is 0 Å².